The number of carbonyl (C=O) groups is 2. The second kappa shape index (κ2) is 6.66. The molecule has 1 fully saturated rings. The molecular formula is C15H15BrN2O3S. The van der Waals surface area contributed by atoms with E-state index in [2.05, 4.69) is 21.2 Å². The molecule has 0 atom stereocenters. The fourth-order valence-electron chi connectivity index (χ4n) is 2.48. The fraction of sp³-hybridized carbons (Fsp3) is 0.333. The molecule has 1 aliphatic rings. The quantitative estimate of drug-likeness (QED) is 0.886. The lowest BCUT2D eigenvalue weighted by Crippen LogP contribution is -2.46. The van der Waals surface area contributed by atoms with Crippen molar-refractivity contribution in [1.82, 2.24) is 10.2 Å². The fourth-order valence-corrected chi connectivity index (χ4v) is 3.77. The van der Waals surface area contributed by atoms with Crippen molar-refractivity contribution < 1.29 is 14.0 Å². The minimum atomic E-state index is -0.0861. The van der Waals surface area contributed by atoms with Crippen molar-refractivity contribution in [3.05, 3.63) is 45.0 Å². The summed E-state index contributed by atoms with van der Waals surface area (Å²) in [5.74, 6) is 0.231. The molecule has 2 aromatic heterocycles. The van der Waals surface area contributed by atoms with Gasteiger partial charge < -0.3 is 14.6 Å². The van der Waals surface area contributed by atoms with Gasteiger partial charge in [0.15, 0.2) is 5.76 Å². The molecule has 0 aromatic carbocycles. The average molecular weight is 383 g/mol. The third-order valence-electron chi connectivity index (χ3n) is 3.65. The van der Waals surface area contributed by atoms with Crippen LogP contribution >= 0.6 is 27.3 Å². The summed E-state index contributed by atoms with van der Waals surface area (Å²) in [5.41, 5.74) is 0. The van der Waals surface area contributed by atoms with Crippen molar-refractivity contribution in [1.29, 1.82) is 0 Å². The van der Waals surface area contributed by atoms with Gasteiger partial charge in [-0.15, -0.1) is 11.3 Å². The Balaban J connectivity index is 1.51. The van der Waals surface area contributed by atoms with Gasteiger partial charge in [-0.05, 0) is 53.0 Å². The van der Waals surface area contributed by atoms with E-state index in [0.29, 0.717) is 23.7 Å². The van der Waals surface area contributed by atoms with E-state index < -0.39 is 0 Å². The molecule has 0 radical (unpaired) electrons. The summed E-state index contributed by atoms with van der Waals surface area (Å²) < 4.78 is 6.08. The Bertz CT molecular complexity index is 660. The van der Waals surface area contributed by atoms with E-state index >= 15 is 0 Å². The highest BCUT2D eigenvalue weighted by Crippen LogP contribution is 2.22. The molecule has 0 aliphatic carbocycles. The molecule has 1 aliphatic heterocycles. The Kier molecular flexibility index (Phi) is 4.63. The molecule has 22 heavy (non-hydrogen) atoms. The molecule has 5 nitrogen and oxygen atoms in total. The van der Waals surface area contributed by atoms with Gasteiger partial charge in [-0.1, -0.05) is 0 Å². The minimum Gasteiger partial charge on any atom is -0.459 e. The number of hydrogen-bond donors (Lipinski definition) is 1. The predicted molar refractivity (Wildman–Crippen MR) is 87.1 cm³/mol. The molecule has 0 bridgehead atoms. The number of thiophene rings is 1. The van der Waals surface area contributed by atoms with Crippen LogP contribution < -0.4 is 5.32 Å². The van der Waals surface area contributed by atoms with E-state index in [1.54, 1.807) is 23.1 Å². The highest BCUT2D eigenvalue weighted by Gasteiger charge is 2.26. The van der Waals surface area contributed by atoms with E-state index in [1.165, 1.54) is 17.6 Å². The van der Waals surface area contributed by atoms with Crippen molar-refractivity contribution in [2.45, 2.75) is 18.9 Å². The molecular weight excluding hydrogens is 368 g/mol. The topological polar surface area (TPSA) is 62.6 Å². The van der Waals surface area contributed by atoms with E-state index in [4.69, 9.17) is 4.42 Å². The van der Waals surface area contributed by atoms with Crippen LogP contribution in [0.2, 0.25) is 0 Å². The molecule has 0 saturated carbocycles. The van der Waals surface area contributed by atoms with Crippen molar-refractivity contribution in [2.24, 2.45) is 0 Å². The maximum absolute atomic E-state index is 12.2. The number of furan rings is 1. The first-order valence-electron chi connectivity index (χ1n) is 7.02. The van der Waals surface area contributed by atoms with Gasteiger partial charge in [0, 0.05) is 19.1 Å². The predicted octanol–water partition coefficient (Wildman–Crippen LogP) is 3.14. The lowest BCUT2D eigenvalue weighted by Gasteiger charge is -2.31. The third kappa shape index (κ3) is 3.41. The SMILES string of the molecule is O=C(NC1CCN(C(=O)c2ccco2)CC1)c1ccc(Br)s1. The molecule has 0 unspecified atom stereocenters. The van der Waals surface area contributed by atoms with Gasteiger partial charge in [0.25, 0.3) is 11.8 Å². The zero-order valence-corrected chi connectivity index (χ0v) is 14.2. The maximum atomic E-state index is 12.2. The van der Waals surface area contributed by atoms with Gasteiger partial charge >= 0.3 is 0 Å². The summed E-state index contributed by atoms with van der Waals surface area (Å²) in [6.07, 6.45) is 3.01. The molecule has 2 aromatic rings. The molecule has 116 valence electrons. The molecule has 2 amide bonds. The van der Waals surface area contributed by atoms with E-state index in [1.807, 2.05) is 6.07 Å². The van der Waals surface area contributed by atoms with Crippen LogP contribution in [-0.2, 0) is 0 Å². The lowest BCUT2D eigenvalue weighted by atomic mass is 10.0. The first kappa shape index (κ1) is 15.3. The minimum absolute atomic E-state index is 0.0495. The lowest BCUT2D eigenvalue weighted by molar-refractivity contribution is 0.0667. The number of rotatable bonds is 3. The summed E-state index contributed by atoms with van der Waals surface area (Å²) in [4.78, 5) is 26.7. The van der Waals surface area contributed by atoms with Crippen molar-refractivity contribution >= 4 is 39.1 Å². The molecule has 3 rings (SSSR count). The monoisotopic (exact) mass is 382 g/mol. The number of amides is 2. The van der Waals surface area contributed by atoms with E-state index in [9.17, 15) is 9.59 Å². The highest BCUT2D eigenvalue weighted by molar-refractivity contribution is 9.11. The molecule has 3 heterocycles. The van der Waals surface area contributed by atoms with Crippen LogP contribution in [0.5, 0.6) is 0 Å². The zero-order chi connectivity index (χ0) is 15.5. The van der Waals surface area contributed by atoms with Crippen LogP contribution in [0, 0.1) is 0 Å². The highest BCUT2D eigenvalue weighted by atomic mass is 79.9. The number of nitrogens with one attached hydrogen (secondary N) is 1. The van der Waals surface area contributed by atoms with Crippen molar-refractivity contribution in [3.8, 4) is 0 Å². The number of hydrogen-bond acceptors (Lipinski definition) is 4. The largest absolute Gasteiger partial charge is 0.459 e. The Morgan fingerprint density at radius 3 is 2.64 bits per heavy atom. The third-order valence-corrected chi connectivity index (χ3v) is 5.27. The summed E-state index contributed by atoms with van der Waals surface area (Å²) in [7, 11) is 0. The molecule has 0 spiro atoms. The summed E-state index contributed by atoms with van der Waals surface area (Å²) in [6.45, 7) is 1.25. The Morgan fingerprint density at radius 1 is 1.27 bits per heavy atom. The zero-order valence-electron chi connectivity index (χ0n) is 11.8. The molecule has 7 heteroatoms. The standard InChI is InChI=1S/C15H15BrN2O3S/c16-13-4-3-12(22-13)14(19)17-10-5-7-18(8-6-10)15(20)11-2-1-9-21-11/h1-4,9-10H,5-8H2,(H,17,19). The number of carbonyl (C=O) groups excluding carboxylic acids is 2. The Labute approximate surface area is 140 Å². The van der Waals surface area contributed by atoms with Gasteiger partial charge in [-0.25, -0.2) is 0 Å². The van der Waals surface area contributed by atoms with Crippen LogP contribution in [-0.4, -0.2) is 35.8 Å². The summed E-state index contributed by atoms with van der Waals surface area (Å²) in [5, 5.41) is 3.03. The first-order valence-corrected chi connectivity index (χ1v) is 8.63. The molecule has 1 N–H and O–H groups in total. The van der Waals surface area contributed by atoms with Crippen molar-refractivity contribution in [3.63, 3.8) is 0 Å². The van der Waals surface area contributed by atoms with Crippen LogP contribution in [0.1, 0.15) is 33.1 Å². The first-order chi connectivity index (χ1) is 10.6. The number of nitrogens with zero attached hydrogens (tertiary/aromatic N) is 1. The normalized spacial score (nSPS) is 15.8. The van der Waals surface area contributed by atoms with Crippen molar-refractivity contribution in [2.75, 3.05) is 13.1 Å². The average Bonchev–Trinajstić information content (AvgIpc) is 3.18. The Morgan fingerprint density at radius 2 is 2.05 bits per heavy atom. The second-order valence-electron chi connectivity index (χ2n) is 5.12. The van der Waals surface area contributed by atoms with Crippen LogP contribution in [0.15, 0.2) is 38.7 Å². The van der Waals surface area contributed by atoms with Crippen LogP contribution in [0.4, 0.5) is 0 Å². The number of halogens is 1. The van der Waals surface area contributed by atoms with E-state index in [-0.39, 0.29) is 17.9 Å². The number of likely N-dealkylation sites (tertiary alicyclic amines) is 1. The van der Waals surface area contributed by atoms with Gasteiger partial charge in [0.2, 0.25) is 0 Å². The van der Waals surface area contributed by atoms with Crippen LogP contribution in [0.25, 0.3) is 0 Å². The molecule has 1 saturated heterocycles. The van der Waals surface area contributed by atoms with Gasteiger partial charge in [-0.3, -0.25) is 9.59 Å². The van der Waals surface area contributed by atoms with Gasteiger partial charge in [-0.2, -0.15) is 0 Å². The number of piperidine rings is 1. The van der Waals surface area contributed by atoms with E-state index in [0.717, 1.165) is 16.6 Å². The maximum Gasteiger partial charge on any atom is 0.289 e. The summed E-state index contributed by atoms with van der Waals surface area (Å²) >= 11 is 4.77. The Hall–Kier alpha value is -1.60. The second-order valence-corrected chi connectivity index (χ2v) is 7.58. The van der Waals surface area contributed by atoms with Gasteiger partial charge in [0.05, 0.1) is 14.9 Å². The summed E-state index contributed by atoms with van der Waals surface area (Å²) in [6, 6.07) is 7.16. The van der Waals surface area contributed by atoms with Crippen LogP contribution in [0.3, 0.4) is 0 Å². The smallest absolute Gasteiger partial charge is 0.289 e. The van der Waals surface area contributed by atoms with Gasteiger partial charge in [0.1, 0.15) is 0 Å².